The van der Waals surface area contributed by atoms with Gasteiger partial charge in [0.2, 0.25) is 0 Å². The summed E-state index contributed by atoms with van der Waals surface area (Å²) in [7, 11) is 1.41. The van der Waals surface area contributed by atoms with Gasteiger partial charge in [-0.1, -0.05) is 0 Å². The van der Waals surface area contributed by atoms with E-state index in [1.165, 1.54) is 22.5 Å². The third kappa shape index (κ3) is 6.29. The zero-order valence-corrected chi connectivity index (χ0v) is 26.3. The summed E-state index contributed by atoms with van der Waals surface area (Å²) in [6.07, 6.45) is 4.35. The third-order valence-corrected chi connectivity index (χ3v) is 10.2. The Labute approximate surface area is 258 Å². The number of fused-ring (bicyclic) bond motifs is 2. The van der Waals surface area contributed by atoms with Crippen molar-refractivity contribution in [2.75, 3.05) is 19.0 Å². The maximum atomic E-state index is 12.2. The predicted molar refractivity (Wildman–Crippen MR) is 176 cm³/mol. The number of nitrogens with zero attached hydrogens (tertiary/aromatic N) is 3. The van der Waals surface area contributed by atoms with Crippen LogP contribution < -0.4 is 5.32 Å². The second-order valence-corrected chi connectivity index (χ2v) is 12.8. The Kier molecular flexibility index (Phi) is 9.01. The number of imidazole rings is 1. The van der Waals surface area contributed by atoms with Crippen molar-refractivity contribution in [2.24, 2.45) is 0 Å². The van der Waals surface area contributed by atoms with Crippen molar-refractivity contribution in [3.8, 4) is 11.4 Å². The summed E-state index contributed by atoms with van der Waals surface area (Å²) < 4.78 is 9.58. The molecule has 1 N–H and O–H groups in total. The van der Waals surface area contributed by atoms with Crippen molar-refractivity contribution in [1.29, 1.82) is 0 Å². The van der Waals surface area contributed by atoms with Crippen LogP contribution in [0.15, 0.2) is 97.1 Å². The summed E-state index contributed by atoms with van der Waals surface area (Å²) in [4.78, 5) is 22.3. The minimum absolute atomic E-state index is 0.0322. The number of ether oxygens (including phenoxy) is 1. The number of nitrogens with one attached hydrogen (secondary N) is 1. The van der Waals surface area contributed by atoms with Crippen molar-refractivity contribution in [3.05, 3.63) is 114 Å². The van der Waals surface area contributed by atoms with Gasteiger partial charge in [0.15, 0.2) is 0 Å². The molecule has 218 valence electrons. The van der Waals surface area contributed by atoms with Crippen LogP contribution in [0.5, 0.6) is 0 Å². The van der Waals surface area contributed by atoms with E-state index in [-0.39, 0.29) is 20.5 Å². The van der Waals surface area contributed by atoms with Gasteiger partial charge < -0.3 is 0 Å². The van der Waals surface area contributed by atoms with E-state index in [2.05, 4.69) is 95.7 Å². The molecule has 43 heavy (non-hydrogen) atoms. The number of unbranched alkanes of at least 4 members (excludes halogenated alkanes) is 2. The molecule has 6 rings (SSSR count). The molecule has 0 spiro atoms. The second-order valence-electron chi connectivity index (χ2n) is 10.8. The molecule has 0 radical (unpaired) electrons. The second kappa shape index (κ2) is 13.4. The number of methoxy groups -OCH3 is 1. The van der Waals surface area contributed by atoms with Gasteiger partial charge in [-0.2, -0.15) is 0 Å². The van der Waals surface area contributed by atoms with Gasteiger partial charge in [-0.25, -0.2) is 0 Å². The van der Waals surface area contributed by atoms with Crippen LogP contribution in [0.4, 0.5) is 4.69 Å². The maximum absolute atomic E-state index is 12.2. The minimum atomic E-state index is -0.348. The van der Waals surface area contributed by atoms with Crippen LogP contribution >= 0.6 is 0 Å². The van der Waals surface area contributed by atoms with Crippen LogP contribution in [-0.2, 0) is 11.3 Å². The molecule has 0 saturated carbocycles. The molecule has 0 atom stereocenters. The fourth-order valence-electron chi connectivity index (χ4n) is 5.75. The number of esters is 1. The van der Waals surface area contributed by atoms with E-state index in [0.717, 1.165) is 71.4 Å². The van der Waals surface area contributed by atoms with Crippen LogP contribution in [0, 0.1) is 0 Å². The molecule has 0 amide bonds. The first-order valence-corrected chi connectivity index (χ1v) is 16.7. The number of carbonyl (C=O) groups excluding carboxylic acids is 1. The van der Waals surface area contributed by atoms with Gasteiger partial charge in [0.25, 0.3) is 0 Å². The summed E-state index contributed by atoms with van der Waals surface area (Å²) in [5, 5.41) is 3.69. The molecular weight excluding hydrogens is 599 g/mol. The number of benzene rings is 4. The first-order chi connectivity index (χ1) is 21.2. The SMILES string of the molecule is CCCCCn1c(-c2cccc3nc(NCCC(c4ccccc4)c4ccccc4)[se]c23)nc2cc(C(=O)OC)ccc21. The van der Waals surface area contributed by atoms with Crippen molar-refractivity contribution >= 4 is 46.0 Å². The van der Waals surface area contributed by atoms with Crippen LogP contribution in [-0.4, -0.2) is 48.7 Å². The standard InChI is InChI=1S/C36H36N4O2Se/c1-3-4-11-23-40-32-20-19-27(35(41)42-2)24-31(32)38-34(40)29-17-12-18-30-33(29)43-36(39-30)37-22-21-28(25-13-7-5-8-14-25)26-15-9-6-10-16-26/h5-10,12-20,24,28H,3-4,11,21-23H2,1-2H3,(H,37,39). The number of anilines is 1. The zero-order valence-electron chi connectivity index (χ0n) is 24.6. The summed E-state index contributed by atoms with van der Waals surface area (Å²) >= 11 is 0.0322. The molecule has 0 saturated heterocycles. The number of carbonyl (C=O) groups is 1. The normalized spacial score (nSPS) is 11.4. The summed E-state index contributed by atoms with van der Waals surface area (Å²) in [5.74, 6) is 0.913. The quantitative estimate of drug-likeness (QED) is 0.0841. The molecular formula is C36H36N4O2Se. The summed E-state index contributed by atoms with van der Waals surface area (Å²) in [6.45, 7) is 3.93. The van der Waals surface area contributed by atoms with Crippen LogP contribution in [0.2, 0.25) is 0 Å². The van der Waals surface area contributed by atoms with E-state index in [4.69, 9.17) is 14.7 Å². The predicted octanol–water partition coefficient (Wildman–Crippen LogP) is 7.92. The Morgan fingerprint density at radius 3 is 2.33 bits per heavy atom. The molecule has 7 heteroatoms. The molecule has 0 fully saturated rings. The number of aromatic nitrogens is 3. The summed E-state index contributed by atoms with van der Waals surface area (Å²) in [6, 6.07) is 33.5. The molecule has 6 aromatic rings. The molecule has 0 bridgehead atoms. The van der Waals surface area contributed by atoms with Gasteiger partial charge in [-0.15, -0.1) is 0 Å². The van der Waals surface area contributed by atoms with Crippen molar-refractivity contribution < 1.29 is 9.53 Å². The van der Waals surface area contributed by atoms with Gasteiger partial charge in [-0.05, 0) is 0 Å². The van der Waals surface area contributed by atoms with E-state index < -0.39 is 0 Å². The van der Waals surface area contributed by atoms with Crippen LogP contribution in [0.3, 0.4) is 0 Å². The summed E-state index contributed by atoms with van der Waals surface area (Å²) in [5.41, 5.74) is 7.16. The van der Waals surface area contributed by atoms with Gasteiger partial charge in [-0.3, -0.25) is 0 Å². The van der Waals surface area contributed by atoms with E-state index in [1.54, 1.807) is 0 Å². The molecule has 0 aliphatic rings. The molecule has 0 aliphatic carbocycles. The number of hydrogen-bond acceptors (Lipinski definition) is 5. The Hall–Kier alpha value is -4.19. The van der Waals surface area contributed by atoms with E-state index >= 15 is 0 Å². The van der Waals surface area contributed by atoms with Gasteiger partial charge in [0, 0.05) is 0 Å². The van der Waals surface area contributed by atoms with Crippen molar-refractivity contribution in [2.45, 2.75) is 45.1 Å². The van der Waals surface area contributed by atoms with Gasteiger partial charge >= 0.3 is 259 Å². The van der Waals surface area contributed by atoms with E-state index in [0.29, 0.717) is 11.5 Å². The number of rotatable bonds is 12. The average Bonchev–Trinajstić information content (AvgIpc) is 3.64. The first kappa shape index (κ1) is 28.9. The van der Waals surface area contributed by atoms with Crippen LogP contribution in [0.1, 0.15) is 60.0 Å². The fraction of sp³-hybridized carbons (Fsp3) is 0.250. The first-order valence-electron chi connectivity index (χ1n) is 15.0. The molecule has 0 aliphatic heterocycles. The molecule has 6 nitrogen and oxygen atoms in total. The monoisotopic (exact) mass is 636 g/mol. The number of hydrogen-bond donors (Lipinski definition) is 1. The zero-order chi connectivity index (χ0) is 29.6. The fourth-order valence-corrected chi connectivity index (χ4v) is 7.84. The Bertz CT molecular complexity index is 1790. The van der Waals surface area contributed by atoms with Crippen LogP contribution in [0.25, 0.3) is 32.2 Å². The molecule has 2 heterocycles. The van der Waals surface area contributed by atoms with E-state index in [1.807, 2.05) is 18.2 Å². The van der Waals surface area contributed by atoms with Gasteiger partial charge in [0.1, 0.15) is 0 Å². The van der Waals surface area contributed by atoms with Gasteiger partial charge in [0.05, 0.1) is 0 Å². The van der Waals surface area contributed by atoms with Crippen molar-refractivity contribution in [1.82, 2.24) is 14.5 Å². The molecule has 0 unspecified atom stereocenters. The molecule has 4 aromatic carbocycles. The molecule has 2 aromatic heterocycles. The topological polar surface area (TPSA) is 69.0 Å². The average molecular weight is 636 g/mol. The Morgan fingerprint density at radius 1 is 0.884 bits per heavy atom. The Morgan fingerprint density at radius 2 is 1.63 bits per heavy atom. The van der Waals surface area contributed by atoms with E-state index in [9.17, 15) is 4.79 Å². The van der Waals surface area contributed by atoms with Crippen molar-refractivity contribution in [3.63, 3.8) is 0 Å². The Balaban J connectivity index is 1.30. The third-order valence-electron chi connectivity index (χ3n) is 7.92. The number of aryl methyl sites for hydroxylation is 1.